The van der Waals surface area contributed by atoms with Gasteiger partial charge >= 0.3 is 0 Å². The van der Waals surface area contributed by atoms with E-state index in [1.807, 2.05) is 18.2 Å². The van der Waals surface area contributed by atoms with E-state index in [1.165, 1.54) is 108 Å². The molecule has 1 rings (SSSR count). The van der Waals surface area contributed by atoms with Gasteiger partial charge in [-0.15, -0.1) is 0 Å². The summed E-state index contributed by atoms with van der Waals surface area (Å²) in [6, 6.07) is 8.09. The maximum absolute atomic E-state index is 11.6. The predicted octanol–water partition coefficient (Wildman–Crippen LogP) is 8.69. The molecule has 154 valence electrons. The van der Waals surface area contributed by atoms with Gasteiger partial charge in [0, 0.05) is 5.56 Å². The Kier molecular flexibility index (Phi) is 15.1. The lowest BCUT2D eigenvalue weighted by atomic mass is 9.98. The molecule has 1 nitrogen and oxygen atoms in total. The van der Waals surface area contributed by atoms with Crippen molar-refractivity contribution in [1.82, 2.24) is 0 Å². The highest BCUT2D eigenvalue weighted by molar-refractivity contribution is 5.95. The van der Waals surface area contributed by atoms with Crippen LogP contribution in [-0.4, -0.2) is 5.78 Å². The molecule has 0 atom stereocenters. The van der Waals surface area contributed by atoms with E-state index in [-0.39, 0.29) is 5.78 Å². The van der Waals surface area contributed by atoms with E-state index >= 15 is 0 Å². The van der Waals surface area contributed by atoms with Crippen molar-refractivity contribution in [2.45, 2.75) is 123 Å². The molecule has 0 amide bonds. The SMILES string of the molecule is CCCCCCCCCCCCCCCCCCc1ccccc1C(C)=O. The average molecular weight is 373 g/mol. The summed E-state index contributed by atoms with van der Waals surface area (Å²) in [5, 5.41) is 0. The minimum absolute atomic E-state index is 0.196. The van der Waals surface area contributed by atoms with Crippen LogP contribution in [0.15, 0.2) is 24.3 Å². The monoisotopic (exact) mass is 372 g/mol. The summed E-state index contributed by atoms with van der Waals surface area (Å²) in [6.45, 7) is 3.96. The van der Waals surface area contributed by atoms with Gasteiger partial charge in [-0.25, -0.2) is 0 Å². The molecule has 27 heavy (non-hydrogen) atoms. The first-order valence-electron chi connectivity index (χ1n) is 11.8. The van der Waals surface area contributed by atoms with Crippen LogP contribution in [0, 0.1) is 0 Å². The number of rotatable bonds is 18. The number of unbranched alkanes of at least 4 members (excludes halogenated alkanes) is 15. The fourth-order valence-corrected chi connectivity index (χ4v) is 3.95. The molecule has 1 aromatic carbocycles. The zero-order valence-electron chi connectivity index (χ0n) is 18.2. The van der Waals surface area contributed by atoms with E-state index in [2.05, 4.69) is 13.0 Å². The third-order valence-electron chi connectivity index (χ3n) is 5.70. The lowest BCUT2D eigenvalue weighted by molar-refractivity contribution is 0.101. The van der Waals surface area contributed by atoms with E-state index in [0.717, 1.165) is 12.0 Å². The van der Waals surface area contributed by atoms with Crippen molar-refractivity contribution >= 4 is 5.78 Å². The normalized spacial score (nSPS) is 11.0. The van der Waals surface area contributed by atoms with Gasteiger partial charge in [-0.2, -0.15) is 0 Å². The largest absolute Gasteiger partial charge is 0.295 e. The van der Waals surface area contributed by atoms with E-state index < -0.39 is 0 Å². The number of hydrogen-bond acceptors (Lipinski definition) is 1. The molecule has 0 heterocycles. The van der Waals surface area contributed by atoms with Crippen molar-refractivity contribution in [2.75, 3.05) is 0 Å². The van der Waals surface area contributed by atoms with Crippen LogP contribution in [0.25, 0.3) is 0 Å². The second kappa shape index (κ2) is 17.0. The molecule has 0 spiro atoms. The predicted molar refractivity (Wildman–Crippen MR) is 120 cm³/mol. The van der Waals surface area contributed by atoms with Crippen LogP contribution in [0.2, 0.25) is 0 Å². The van der Waals surface area contributed by atoms with Gasteiger partial charge in [0.25, 0.3) is 0 Å². The van der Waals surface area contributed by atoms with Crippen molar-refractivity contribution in [1.29, 1.82) is 0 Å². The Labute approximate surface area is 169 Å². The second-order valence-electron chi connectivity index (χ2n) is 8.27. The van der Waals surface area contributed by atoms with Gasteiger partial charge in [0.15, 0.2) is 5.78 Å². The quantitative estimate of drug-likeness (QED) is 0.186. The highest BCUT2D eigenvalue weighted by Gasteiger charge is 2.05. The Morgan fingerprint density at radius 1 is 0.630 bits per heavy atom. The van der Waals surface area contributed by atoms with E-state index in [1.54, 1.807) is 6.92 Å². The van der Waals surface area contributed by atoms with Gasteiger partial charge in [-0.05, 0) is 25.3 Å². The number of carbonyl (C=O) groups is 1. The second-order valence-corrected chi connectivity index (χ2v) is 8.27. The number of carbonyl (C=O) groups excluding carboxylic acids is 1. The summed E-state index contributed by atoms with van der Waals surface area (Å²) < 4.78 is 0. The summed E-state index contributed by atoms with van der Waals surface area (Å²) in [4.78, 5) is 11.6. The smallest absolute Gasteiger partial charge is 0.160 e. The zero-order valence-corrected chi connectivity index (χ0v) is 18.2. The molecule has 0 radical (unpaired) electrons. The van der Waals surface area contributed by atoms with Gasteiger partial charge in [-0.1, -0.05) is 128 Å². The highest BCUT2D eigenvalue weighted by Crippen LogP contribution is 2.16. The number of ketones is 1. The summed E-state index contributed by atoms with van der Waals surface area (Å²) in [6.07, 6.45) is 23.5. The van der Waals surface area contributed by atoms with Crippen LogP contribution in [-0.2, 0) is 6.42 Å². The van der Waals surface area contributed by atoms with Gasteiger partial charge in [0.1, 0.15) is 0 Å². The minimum Gasteiger partial charge on any atom is -0.295 e. The lowest BCUT2D eigenvalue weighted by Crippen LogP contribution is -1.99. The fourth-order valence-electron chi connectivity index (χ4n) is 3.95. The molecule has 0 aromatic heterocycles. The first-order valence-corrected chi connectivity index (χ1v) is 11.8. The van der Waals surface area contributed by atoms with Crippen molar-refractivity contribution < 1.29 is 4.79 Å². The van der Waals surface area contributed by atoms with Crippen LogP contribution in [0.4, 0.5) is 0 Å². The van der Waals surface area contributed by atoms with Crippen LogP contribution in [0.3, 0.4) is 0 Å². The molecule has 0 saturated heterocycles. The summed E-state index contributed by atoms with van der Waals surface area (Å²) >= 11 is 0. The van der Waals surface area contributed by atoms with E-state index in [4.69, 9.17) is 0 Å². The Hall–Kier alpha value is -1.11. The Morgan fingerprint density at radius 3 is 1.48 bits per heavy atom. The molecule has 0 bridgehead atoms. The van der Waals surface area contributed by atoms with Crippen LogP contribution < -0.4 is 0 Å². The molecule has 0 aliphatic carbocycles. The van der Waals surface area contributed by atoms with E-state index in [0.29, 0.717) is 0 Å². The standard InChI is InChI=1S/C26H44O/c1-3-4-5-6-7-8-9-10-11-12-13-14-15-16-17-18-21-25-22-19-20-23-26(25)24(2)27/h19-20,22-23H,3-18,21H2,1-2H3. The molecular formula is C26H44O. The zero-order chi connectivity index (χ0) is 19.6. The molecule has 0 aliphatic rings. The maximum Gasteiger partial charge on any atom is 0.160 e. The van der Waals surface area contributed by atoms with Gasteiger partial charge < -0.3 is 0 Å². The number of Topliss-reactive ketones (excluding diaryl/α,β-unsaturated/α-hetero) is 1. The van der Waals surface area contributed by atoms with Gasteiger partial charge in [0.2, 0.25) is 0 Å². The number of aryl methyl sites for hydroxylation is 1. The summed E-state index contributed by atoms with van der Waals surface area (Å²) in [5.74, 6) is 0.196. The first-order chi connectivity index (χ1) is 13.3. The van der Waals surface area contributed by atoms with E-state index in [9.17, 15) is 4.79 Å². The van der Waals surface area contributed by atoms with Crippen molar-refractivity contribution in [3.63, 3.8) is 0 Å². The van der Waals surface area contributed by atoms with Gasteiger partial charge in [-0.3, -0.25) is 4.79 Å². The highest BCUT2D eigenvalue weighted by atomic mass is 16.1. The molecule has 0 N–H and O–H groups in total. The first kappa shape index (κ1) is 23.9. The lowest BCUT2D eigenvalue weighted by Gasteiger charge is -2.07. The maximum atomic E-state index is 11.6. The summed E-state index contributed by atoms with van der Waals surface area (Å²) in [5.41, 5.74) is 2.15. The fraction of sp³-hybridized carbons (Fsp3) is 0.731. The molecule has 1 heteroatoms. The van der Waals surface area contributed by atoms with Gasteiger partial charge in [0.05, 0.1) is 0 Å². The van der Waals surface area contributed by atoms with Crippen LogP contribution >= 0.6 is 0 Å². The Bertz CT molecular complexity index is 477. The number of hydrogen-bond donors (Lipinski definition) is 0. The minimum atomic E-state index is 0.196. The van der Waals surface area contributed by atoms with Crippen molar-refractivity contribution in [3.05, 3.63) is 35.4 Å². The average Bonchev–Trinajstić information content (AvgIpc) is 2.68. The topological polar surface area (TPSA) is 17.1 Å². The van der Waals surface area contributed by atoms with Crippen LogP contribution in [0.5, 0.6) is 0 Å². The van der Waals surface area contributed by atoms with Crippen molar-refractivity contribution in [3.8, 4) is 0 Å². The molecule has 1 aromatic rings. The molecule has 0 fully saturated rings. The molecule has 0 aliphatic heterocycles. The molecule has 0 unspecified atom stereocenters. The Balaban J connectivity index is 1.85. The third kappa shape index (κ3) is 12.8. The summed E-state index contributed by atoms with van der Waals surface area (Å²) in [7, 11) is 0. The number of benzene rings is 1. The van der Waals surface area contributed by atoms with Crippen LogP contribution in [0.1, 0.15) is 133 Å². The molecular weight excluding hydrogens is 328 g/mol. The Morgan fingerprint density at radius 2 is 1.04 bits per heavy atom. The third-order valence-corrected chi connectivity index (χ3v) is 5.70. The van der Waals surface area contributed by atoms with Crippen molar-refractivity contribution in [2.24, 2.45) is 0 Å². The molecule has 0 saturated carbocycles.